The molecule has 2 aliphatic heterocycles. The number of carbonyl (C=O) groups excluding carboxylic acids is 2. The van der Waals surface area contributed by atoms with E-state index >= 15 is 4.39 Å². The average Bonchev–Trinajstić information content (AvgIpc) is 3.86. The second kappa shape index (κ2) is 10.8. The predicted molar refractivity (Wildman–Crippen MR) is 171 cm³/mol. The van der Waals surface area contributed by atoms with Crippen molar-refractivity contribution in [3.63, 3.8) is 0 Å². The number of hydrogen-bond donors (Lipinski definition) is 0. The van der Waals surface area contributed by atoms with Crippen LogP contribution >= 0.6 is 0 Å². The second-order valence-electron chi connectivity index (χ2n) is 13.4. The van der Waals surface area contributed by atoms with E-state index in [0.29, 0.717) is 41.6 Å². The number of ketones is 1. The number of esters is 1. The van der Waals surface area contributed by atoms with Crippen molar-refractivity contribution in [3.8, 4) is 22.8 Å². The molecular formula is C37H33FN2O10. The number of ether oxygens (including phenoxy) is 6. The Bertz CT molecular complexity index is 2100. The van der Waals surface area contributed by atoms with Crippen LogP contribution in [0.2, 0.25) is 0 Å². The van der Waals surface area contributed by atoms with E-state index in [1.807, 2.05) is 31.2 Å². The molecule has 1 saturated heterocycles. The SMILES string of the molecule is COc1cc(C)cc2c1C1=NO[C@H]3C4C=CC(CC5=CC(=O)c6c(-c7c(F)ccc(OC)c7C7OCCO7)noc6[C@@]54OC)([C@H]2OC(C)=O)[C@@H]13. The summed E-state index contributed by atoms with van der Waals surface area (Å²) in [5.41, 5.74) is 1.47. The molecule has 1 saturated carbocycles. The first-order chi connectivity index (χ1) is 24.2. The number of methoxy groups -OCH3 is 3. The van der Waals surface area contributed by atoms with E-state index in [2.05, 4.69) is 10.3 Å². The van der Waals surface area contributed by atoms with Crippen LogP contribution in [0.3, 0.4) is 0 Å². The van der Waals surface area contributed by atoms with Gasteiger partial charge in [0.15, 0.2) is 23.4 Å². The van der Waals surface area contributed by atoms with Crippen LogP contribution in [-0.2, 0) is 34.2 Å². The summed E-state index contributed by atoms with van der Waals surface area (Å²) in [5.74, 6) is -1.61. The van der Waals surface area contributed by atoms with Crippen LogP contribution in [0.5, 0.6) is 11.5 Å². The third-order valence-electron chi connectivity index (χ3n) is 11.1. The van der Waals surface area contributed by atoms with E-state index in [-0.39, 0.29) is 34.6 Å². The van der Waals surface area contributed by atoms with E-state index in [1.54, 1.807) is 7.11 Å². The molecule has 13 heteroatoms. The second-order valence-corrected chi connectivity index (χ2v) is 13.4. The summed E-state index contributed by atoms with van der Waals surface area (Å²) in [6.45, 7) is 3.91. The van der Waals surface area contributed by atoms with Gasteiger partial charge in [-0.15, -0.1) is 0 Å². The van der Waals surface area contributed by atoms with E-state index in [1.165, 1.54) is 39.4 Å². The quantitative estimate of drug-likeness (QED) is 0.243. The maximum absolute atomic E-state index is 16.0. The van der Waals surface area contributed by atoms with Crippen LogP contribution in [0.4, 0.5) is 4.39 Å². The zero-order valence-electron chi connectivity index (χ0n) is 27.9. The van der Waals surface area contributed by atoms with Gasteiger partial charge in [-0.1, -0.05) is 28.5 Å². The van der Waals surface area contributed by atoms with Crippen LogP contribution < -0.4 is 9.47 Å². The van der Waals surface area contributed by atoms with Gasteiger partial charge in [-0.3, -0.25) is 9.59 Å². The lowest BCUT2D eigenvalue weighted by Gasteiger charge is -2.49. The Labute approximate surface area is 285 Å². The molecule has 50 heavy (non-hydrogen) atoms. The highest BCUT2D eigenvalue weighted by Crippen LogP contribution is 2.68. The number of benzene rings is 2. The number of carbonyl (C=O) groups is 2. The Morgan fingerprint density at radius 2 is 1.82 bits per heavy atom. The molecule has 1 aromatic heterocycles. The highest BCUT2D eigenvalue weighted by molar-refractivity contribution is 6.12. The van der Waals surface area contributed by atoms with Gasteiger partial charge >= 0.3 is 5.97 Å². The number of nitrogens with zero attached hydrogens (tertiary/aromatic N) is 2. The molecule has 2 fully saturated rings. The molecule has 5 aliphatic carbocycles. The molecule has 0 N–H and O–H groups in total. The van der Waals surface area contributed by atoms with Crippen molar-refractivity contribution in [1.82, 2.24) is 5.16 Å². The minimum Gasteiger partial charge on any atom is -0.496 e. The summed E-state index contributed by atoms with van der Waals surface area (Å²) in [6, 6.07) is 6.60. The van der Waals surface area contributed by atoms with Crippen molar-refractivity contribution >= 4 is 17.5 Å². The molecule has 2 aromatic carbocycles. The first-order valence-electron chi connectivity index (χ1n) is 16.4. The van der Waals surface area contributed by atoms with Gasteiger partial charge in [-0.25, -0.2) is 4.39 Å². The number of fused-ring (bicyclic) bond motifs is 3. The zero-order valence-corrected chi connectivity index (χ0v) is 27.9. The summed E-state index contributed by atoms with van der Waals surface area (Å²) in [7, 11) is 4.57. The van der Waals surface area contributed by atoms with E-state index < -0.39 is 58.9 Å². The fraction of sp³-hybridized carbons (Fsp3) is 0.405. The summed E-state index contributed by atoms with van der Waals surface area (Å²) >= 11 is 0. The highest BCUT2D eigenvalue weighted by atomic mass is 19.1. The molecule has 6 atom stereocenters. The Morgan fingerprint density at radius 1 is 1.04 bits per heavy atom. The zero-order chi connectivity index (χ0) is 34.7. The van der Waals surface area contributed by atoms with Crippen LogP contribution in [0.25, 0.3) is 11.3 Å². The number of rotatable bonds is 6. The van der Waals surface area contributed by atoms with E-state index in [4.69, 9.17) is 37.8 Å². The average molecular weight is 685 g/mol. The third-order valence-corrected chi connectivity index (χ3v) is 11.1. The fourth-order valence-electron chi connectivity index (χ4n) is 9.27. The molecular weight excluding hydrogens is 651 g/mol. The smallest absolute Gasteiger partial charge is 0.303 e. The van der Waals surface area contributed by atoms with E-state index in [9.17, 15) is 9.59 Å². The Morgan fingerprint density at radius 3 is 2.54 bits per heavy atom. The molecule has 12 nitrogen and oxygen atoms in total. The number of allylic oxidation sites excluding steroid dienone is 1. The Hall–Kier alpha value is -4.85. The van der Waals surface area contributed by atoms with Crippen molar-refractivity contribution in [1.29, 1.82) is 0 Å². The van der Waals surface area contributed by atoms with Crippen molar-refractivity contribution in [2.24, 2.45) is 22.4 Å². The number of halogens is 1. The number of aryl methyl sites for hydroxylation is 1. The minimum atomic E-state index is -1.43. The Balaban J connectivity index is 1.27. The summed E-state index contributed by atoms with van der Waals surface area (Å²) in [4.78, 5) is 33.5. The lowest BCUT2D eigenvalue weighted by Crippen LogP contribution is -2.53. The van der Waals surface area contributed by atoms with Gasteiger partial charge in [0.2, 0.25) is 0 Å². The van der Waals surface area contributed by atoms with Crippen molar-refractivity contribution < 1.29 is 51.8 Å². The largest absolute Gasteiger partial charge is 0.496 e. The molecule has 2 bridgehead atoms. The van der Waals surface area contributed by atoms with Gasteiger partial charge in [0, 0.05) is 30.6 Å². The Kier molecular flexibility index (Phi) is 6.74. The molecule has 0 amide bonds. The maximum Gasteiger partial charge on any atom is 0.303 e. The minimum absolute atomic E-state index is 0.0322. The van der Waals surface area contributed by atoms with Gasteiger partial charge in [-0.05, 0) is 48.8 Å². The lowest BCUT2D eigenvalue weighted by molar-refractivity contribution is -0.157. The predicted octanol–water partition coefficient (Wildman–Crippen LogP) is 5.43. The molecule has 3 heterocycles. The van der Waals surface area contributed by atoms with Crippen molar-refractivity contribution in [2.75, 3.05) is 34.5 Å². The standard InChI is InChI=1S/C37H33FN2O10/c1-16-12-19-25(24(13-16)44-4)31-29-32(49-40-31)20-8-9-36(29,33(19)48-17(2)41)15-18-14-22(42)27-30(39-50-34(27)37(18,20)45-5)26-21(38)6-7-23(43-3)28(26)35-46-10-11-47-35/h6-9,12-14,20,29,32-33,35H,10-11,15H2,1-5H3/t20?,29-,32-,33-,36?,37+/m0/s1. The molecule has 258 valence electrons. The molecule has 7 aliphatic rings. The molecule has 3 aromatic rings. The van der Waals surface area contributed by atoms with Crippen molar-refractivity contribution in [2.45, 2.75) is 44.4 Å². The van der Waals surface area contributed by atoms with Crippen molar-refractivity contribution in [3.05, 3.63) is 87.5 Å². The third kappa shape index (κ3) is 3.85. The molecule has 1 spiro atoms. The monoisotopic (exact) mass is 684 g/mol. The van der Waals surface area contributed by atoms with E-state index in [0.717, 1.165) is 11.1 Å². The summed E-state index contributed by atoms with van der Waals surface area (Å²) in [6.07, 6.45) is 3.37. The number of oxime groups is 1. The summed E-state index contributed by atoms with van der Waals surface area (Å²) < 4.78 is 57.8. The van der Waals surface area contributed by atoms with Crippen LogP contribution in [-0.4, -0.2) is 63.3 Å². The summed E-state index contributed by atoms with van der Waals surface area (Å²) in [5, 5.41) is 9.02. The first kappa shape index (κ1) is 31.2. The molecule has 0 radical (unpaired) electrons. The van der Waals surface area contributed by atoms with Crippen LogP contribution in [0.15, 0.2) is 57.7 Å². The van der Waals surface area contributed by atoms with Crippen LogP contribution in [0, 0.1) is 30.0 Å². The normalized spacial score (nSPS) is 30.0. The van der Waals surface area contributed by atoms with Gasteiger partial charge in [0.1, 0.15) is 35.2 Å². The molecule has 10 rings (SSSR count). The first-order valence-corrected chi connectivity index (χ1v) is 16.4. The van der Waals surface area contributed by atoms with Gasteiger partial charge in [-0.2, -0.15) is 0 Å². The number of aromatic nitrogens is 1. The fourth-order valence-corrected chi connectivity index (χ4v) is 9.27. The highest BCUT2D eigenvalue weighted by Gasteiger charge is 2.71. The molecule has 2 unspecified atom stereocenters. The van der Waals surface area contributed by atoms with Gasteiger partial charge < -0.3 is 37.8 Å². The van der Waals surface area contributed by atoms with Gasteiger partial charge in [0.25, 0.3) is 0 Å². The number of hydrogen-bond acceptors (Lipinski definition) is 12. The maximum atomic E-state index is 16.0. The lowest BCUT2D eigenvalue weighted by atomic mass is 9.56. The van der Waals surface area contributed by atoms with Gasteiger partial charge in [0.05, 0.1) is 61.7 Å². The topological polar surface area (TPSA) is 137 Å². The van der Waals surface area contributed by atoms with Crippen LogP contribution in [0.1, 0.15) is 64.1 Å².